The van der Waals surface area contributed by atoms with E-state index in [1.807, 2.05) is 24.6 Å². The highest BCUT2D eigenvalue weighted by Gasteiger charge is 2.34. The number of aromatic nitrogens is 4. The Labute approximate surface area is 127 Å². The van der Waals surface area contributed by atoms with Crippen LogP contribution in [0.2, 0.25) is 0 Å². The number of hydrogen-bond donors (Lipinski definition) is 1. The van der Waals surface area contributed by atoms with Gasteiger partial charge in [0.25, 0.3) is 0 Å². The second kappa shape index (κ2) is 6.51. The van der Waals surface area contributed by atoms with Crippen LogP contribution in [-0.2, 0) is 25.8 Å². The van der Waals surface area contributed by atoms with Crippen LogP contribution in [0.4, 0.5) is 13.2 Å². The Morgan fingerprint density at radius 3 is 2.50 bits per heavy atom. The molecule has 0 saturated heterocycles. The molecule has 0 spiro atoms. The van der Waals surface area contributed by atoms with Gasteiger partial charge in [0.1, 0.15) is 0 Å². The fourth-order valence-corrected chi connectivity index (χ4v) is 2.35. The van der Waals surface area contributed by atoms with Crippen LogP contribution in [0, 0.1) is 0 Å². The highest BCUT2D eigenvalue weighted by atomic mass is 19.4. The molecule has 0 aliphatic rings. The Kier molecular flexibility index (Phi) is 4.90. The smallest absolute Gasteiger partial charge is 0.303 e. The molecule has 0 bridgehead atoms. The molecule has 1 unspecified atom stereocenters. The third-order valence-corrected chi connectivity index (χ3v) is 3.54. The molecule has 1 atom stereocenters. The monoisotopic (exact) mass is 315 g/mol. The van der Waals surface area contributed by atoms with Gasteiger partial charge in [-0.05, 0) is 32.9 Å². The van der Waals surface area contributed by atoms with Crippen LogP contribution in [0.1, 0.15) is 43.9 Å². The summed E-state index contributed by atoms with van der Waals surface area (Å²) in [7, 11) is 0. The SMILES string of the molecule is CCn1nc(C(F)(F)F)cc1CNC(C)c1ccnn1CC. The third kappa shape index (κ3) is 3.49. The maximum atomic E-state index is 12.7. The summed E-state index contributed by atoms with van der Waals surface area (Å²) < 4.78 is 41.4. The Morgan fingerprint density at radius 1 is 1.23 bits per heavy atom. The largest absolute Gasteiger partial charge is 0.435 e. The van der Waals surface area contributed by atoms with Crippen molar-refractivity contribution in [3.05, 3.63) is 35.4 Å². The summed E-state index contributed by atoms with van der Waals surface area (Å²) in [6.07, 6.45) is -2.70. The normalized spacial score (nSPS) is 13.5. The lowest BCUT2D eigenvalue weighted by atomic mass is 10.2. The zero-order chi connectivity index (χ0) is 16.3. The minimum atomic E-state index is -4.42. The number of alkyl halides is 3. The van der Waals surface area contributed by atoms with Gasteiger partial charge in [0.15, 0.2) is 5.69 Å². The Bertz CT molecular complexity index is 614. The molecule has 0 fully saturated rings. The number of aryl methyl sites for hydroxylation is 2. The first-order valence-corrected chi connectivity index (χ1v) is 7.25. The quantitative estimate of drug-likeness (QED) is 0.891. The van der Waals surface area contributed by atoms with Gasteiger partial charge in [-0.15, -0.1) is 0 Å². The summed E-state index contributed by atoms with van der Waals surface area (Å²) in [5, 5.41) is 11.0. The van der Waals surface area contributed by atoms with E-state index in [1.165, 1.54) is 4.68 Å². The number of hydrogen-bond acceptors (Lipinski definition) is 3. The first-order chi connectivity index (χ1) is 10.4. The average molecular weight is 315 g/mol. The molecular formula is C14H20F3N5. The first kappa shape index (κ1) is 16.5. The molecule has 122 valence electrons. The van der Waals surface area contributed by atoms with Gasteiger partial charge in [-0.1, -0.05) is 0 Å². The molecule has 5 nitrogen and oxygen atoms in total. The van der Waals surface area contributed by atoms with E-state index in [4.69, 9.17) is 0 Å². The van der Waals surface area contributed by atoms with Crippen molar-refractivity contribution in [1.82, 2.24) is 24.9 Å². The van der Waals surface area contributed by atoms with Crippen molar-refractivity contribution in [3.63, 3.8) is 0 Å². The highest BCUT2D eigenvalue weighted by Crippen LogP contribution is 2.28. The van der Waals surface area contributed by atoms with E-state index in [1.54, 1.807) is 13.1 Å². The van der Waals surface area contributed by atoms with E-state index in [2.05, 4.69) is 15.5 Å². The highest BCUT2D eigenvalue weighted by molar-refractivity contribution is 5.14. The van der Waals surface area contributed by atoms with Crippen molar-refractivity contribution in [2.24, 2.45) is 0 Å². The molecular weight excluding hydrogens is 295 g/mol. The van der Waals surface area contributed by atoms with Crippen LogP contribution in [0.5, 0.6) is 0 Å². The van der Waals surface area contributed by atoms with Crippen molar-refractivity contribution in [3.8, 4) is 0 Å². The lowest BCUT2D eigenvalue weighted by molar-refractivity contribution is -0.141. The second-order valence-electron chi connectivity index (χ2n) is 5.01. The Morgan fingerprint density at radius 2 is 1.91 bits per heavy atom. The van der Waals surface area contributed by atoms with E-state index in [-0.39, 0.29) is 6.04 Å². The number of rotatable bonds is 6. The van der Waals surface area contributed by atoms with Crippen LogP contribution < -0.4 is 5.32 Å². The lowest BCUT2D eigenvalue weighted by Gasteiger charge is -2.15. The van der Waals surface area contributed by atoms with E-state index in [0.29, 0.717) is 18.8 Å². The maximum Gasteiger partial charge on any atom is 0.435 e. The third-order valence-electron chi connectivity index (χ3n) is 3.54. The van der Waals surface area contributed by atoms with Gasteiger partial charge in [0.2, 0.25) is 0 Å². The molecule has 0 saturated carbocycles. The van der Waals surface area contributed by atoms with Crippen LogP contribution in [0.15, 0.2) is 18.3 Å². The summed E-state index contributed by atoms with van der Waals surface area (Å²) in [6, 6.07) is 2.98. The van der Waals surface area contributed by atoms with Gasteiger partial charge in [0.05, 0.1) is 11.4 Å². The second-order valence-corrected chi connectivity index (χ2v) is 5.01. The Balaban J connectivity index is 2.09. The number of halogens is 3. The molecule has 8 heteroatoms. The van der Waals surface area contributed by atoms with Gasteiger partial charge in [-0.2, -0.15) is 23.4 Å². The minimum absolute atomic E-state index is 0.0167. The molecule has 22 heavy (non-hydrogen) atoms. The molecule has 0 aliphatic heterocycles. The summed E-state index contributed by atoms with van der Waals surface area (Å²) in [6.45, 7) is 7.18. The van der Waals surface area contributed by atoms with Crippen molar-refractivity contribution < 1.29 is 13.2 Å². The van der Waals surface area contributed by atoms with E-state index >= 15 is 0 Å². The molecule has 1 N–H and O–H groups in total. The van der Waals surface area contributed by atoms with Gasteiger partial charge >= 0.3 is 6.18 Å². The fraction of sp³-hybridized carbons (Fsp3) is 0.571. The fourth-order valence-electron chi connectivity index (χ4n) is 2.35. The van der Waals surface area contributed by atoms with E-state index < -0.39 is 11.9 Å². The van der Waals surface area contributed by atoms with Gasteiger partial charge in [0, 0.05) is 31.9 Å². The van der Waals surface area contributed by atoms with Crippen molar-refractivity contribution >= 4 is 0 Å². The van der Waals surface area contributed by atoms with E-state index in [0.717, 1.165) is 18.3 Å². The molecule has 0 radical (unpaired) electrons. The van der Waals surface area contributed by atoms with Crippen LogP contribution in [0.25, 0.3) is 0 Å². The molecule has 0 aromatic carbocycles. The van der Waals surface area contributed by atoms with Crippen molar-refractivity contribution in [2.45, 2.75) is 52.6 Å². The summed E-state index contributed by atoms with van der Waals surface area (Å²) >= 11 is 0. The number of nitrogens with zero attached hydrogens (tertiary/aromatic N) is 4. The molecule has 0 aliphatic carbocycles. The van der Waals surface area contributed by atoms with Gasteiger partial charge in [-0.25, -0.2) is 0 Å². The predicted octanol–water partition coefficient (Wildman–Crippen LogP) is 2.99. The molecule has 2 aromatic rings. The van der Waals surface area contributed by atoms with Crippen LogP contribution in [0.3, 0.4) is 0 Å². The minimum Gasteiger partial charge on any atom is -0.303 e. The zero-order valence-electron chi connectivity index (χ0n) is 12.9. The molecule has 2 heterocycles. The van der Waals surface area contributed by atoms with Crippen LogP contribution >= 0.6 is 0 Å². The maximum absolute atomic E-state index is 12.7. The van der Waals surface area contributed by atoms with Crippen molar-refractivity contribution in [1.29, 1.82) is 0 Å². The van der Waals surface area contributed by atoms with Crippen molar-refractivity contribution in [2.75, 3.05) is 0 Å². The topological polar surface area (TPSA) is 47.7 Å². The molecule has 2 rings (SSSR count). The predicted molar refractivity (Wildman–Crippen MR) is 76.1 cm³/mol. The molecule has 2 aromatic heterocycles. The molecule has 0 amide bonds. The zero-order valence-corrected chi connectivity index (χ0v) is 12.9. The van der Waals surface area contributed by atoms with Crippen LogP contribution in [-0.4, -0.2) is 19.6 Å². The first-order valence-electron chi connectivity index (χ1n) is 7.25. The summed E-state index contributed by atoms with van der Waals surface area (Å²) in [4.78, 5) is 0. The van der Waals surface area contributed by atoms with Gasteiger partial charge in [-0.3, -0.25) is 9.36 Å². The standard InChI is InChI=1S/C14H20F3N5/c1-4-21-11(8-13(20-21)14(15,16)17)9-18-10(3)12-6-7-19-22(12)5-2/h6-8,10,18H,4-5,9H2,1-3H3. The van der Waals surface area contributed by atoms with E-state index in [9.17, 15) is 13.2 Å². The lowest BCUT2D eigenvalue weighted by Crippen LogP contribution is -2.22. The Hall–Kier alpha value is -1.83. The summed E-state index contributed by atoms with van der Waals surface area (Å²) in [5.74, 6) is 0. The number of nitrogens with one attached hydrogen (secondary N) is 1. The van der Waals surface area contributed by atoms with Gasteiger partial charge < -0.3 is 5.32 Å². The average Bonchev–Trinajstić information content (AvgIpc) is 3.10. The summed E-state index contributed by atoms with van der Waals surface area (Å²) in [5.41, 5.74) is 0.669.